The summed E-state index contributed by atoms with van der Waals surface area (Å²) in [6, 6.07) is 13.4. The summed E-state index contributed by atoms with van der Waals surface area (Å²) in [6.07, 6.45) is -0.623. The van der Waals surface area contributed by atoms with Gasteiger partial charge in [0, 0.05) is 32.2 Å². The third kappa shape index (κ3) is 2.50. The molecule has 0 spiro atoms. The van der Waals surface area contributed by atoms with E-state index in [9.17, 15) is 5.11 Å². The predicted molar refractivity (Wildman–Crippen MR) is 81.3 cm³/mol. The van der Waals surface area contributed by atoms with Crippen LogP contribution in [-0.2, 0) is 0 Å². The van der Waals surface area contributed by atoms with Crippen LogP contribution in [0.3, 0.4) is 0 Å². The van der Waals surface area contributed by atoms with E-state index in [1.807, 2.05) is 12.1 Å². The van der Waals surface area contributed by atoms with E-state index in [0.717, 1.165) is 5.75 Å². The Bertz CT molecular complexity index is 615. The van der Waals surface area contributed by atoms with E-state index in [1.165, 1.54) is 10.5 Å². The van der Waals surface area contributed by atoms with Crippen molar-refractivity contribution in [2.45, 2.75) is 16.9 Å². The highest BCUT2D eigenvalue weighted by molar-refractivity contribution is 7.99. The zero-order chi connectivity index (χ0) is 13.4. The zero-order valence-electron chi connectivity index (χ0n) is 10.0. The lowest BCUT2D eigenvalue weighted by molar-refractivity contribution is 0.154. The average molecular weight is 311 g/mol. The van der Waals surface area contributed by atoms with Gasteiger partial charge in [-0.25, -0.2) is 0 Å². The van der Waals surface area contributed by atoms with Crippen LogP contribution >= 0.6 is 35.0 Å². The summed E-state index contributed by atoms with van der Waals surface area (Å²) < 4.78 is 0. The molecular weight excluding hydrogens is 299 g/mol. The molecule has 98 valence electrons. The zero-order valence-corrected chi connectivity index (χ0v) is 12.3. The minimum absolute atomic E-state index is 0.0668. The van der Waals surface area contributed by atoms with Gasteiger partial charge in [-0.05, 0) is 29.8 Å². The lowest BCUT2D eigenvalue weighted by Gasteiger charge is -2.20. The smallest absolute Gasteiger partial charge is 0.0881 e. The van der Waals surface area contributed by atoms with Gasteiger partial charge in [-0.3, -0.25) is 0 Å². The van der Waals surface area contributed by atoms with E-state index in [0.29, 0.717) is 15.6 Å². The molecule has 2 unspecified atom stereocenters. The van der Waals surface area contributed by atoms with E-state index >= 15 is 0 Å². The number of hydrogen-bond donors (Lipinski definition) is 1. The highest BCUT2D eigenvalue weighted by atomic mass is 35.5. The van der Waals surface area contributed by atoms with Crippen molar-refractivity contribution in [2.24, 2.45) is 0 Å². The number of aliphatic hydroxyl groups is 1. The number of aliphatic hydroxyl groups excluding tert-OH is 1. The molecule has 0 amide bonds. The summed E-state index contributed by atoms with van der Waals surface area (Å²) in [7, 11) is 0. The van der Waals surface area contributed by atoms with Crippen molar-refractivity contribution in [3.8, 4) is 0 Å². The van der Waals surface area contributed by atoms with E-state index < -0.39 is 6.10 Å². The third-order valence-electron chi connectivity index (χ3n) is 3.39. The van der Waals surface area contributed by atoms with Crippen LogP contribution in [0.1, 0.15) is 23.1 Å². The molecule has 0 aromatic heterocycles. The first-order valence-electron chi connectivity index (χ1n) is 6.01. The second kappa shape index (κ2) is 5.37. The Hall–Kier alpha value is -0.670. The average Bonchev–Trinajstić information content (AvgIpc) is 2.84. The second-order valence-electron chi connectivity index (χ2n) is 4.57. The Labute approximate surface area is 126 Å². The highest BCUT2D eigenvalue weighted by Gasteiger charge is 2.31. The lowest BCUT2D eigenvalue weighted by atomic mass is 9.91. The predicted octanol–water partition coefficient (Wildman–Crippen LogP) is 4.92. The van der Waals surface area contributed by atoms with Gasteiger partial charge in [0.15, 0.2) is 0 Å². The number of halogens is 2. The van der Waals surface area contributed by atoms with Crippen LogP contribution in [0.25, 0.3) is 0 Å². The summed E-state index contributed by atoms with van der Waals surface area (Å²) in [5, 5.41) is 11.8. The van der Waals surface area contributed by atoms with Gasteiger partial charge in [0.2, 0.25) is 0 Å². The molecule has 0 fully saturated rings. The fraction of sp³-hybridized carbons (Fsp3) is 0.200. The third-order valence-corrected chi connectivity index (χ3v) is 5.18. The highest BCUT2D eigenvalue weighted by Crippen LogP contribution is 2.46. The van der Waals surface area contributed by atoms with Gasteiger partial charge >= 0.3 is 0 Å². The van der Waals surface area contributed by atoms with Crippen molar-refractivity contribution < 1.29 is 5.11 Å². The molecule has 1 aliphatic heterocycles. The number of hydrogen-bond acceptors (Lipinski definition) is 2. The number of thioether (sulfide) groups is 1. The Morgan fingerprint density at radius 2 is 1.95 bits per heavy atom. The van der Waals surface area contributed by atoms with Crippen LogP contribution in [0.15, 0.2) is 47.4 Å². The number of rotatable bonds is 2. The van der Waals surface area contributed by atoms with E-state index in [4.69, 9.17) is 23.2 Å². The molecule has 0 aliphatic carbocycles. The molecule has 19 heavy (non-hydrogen) atoms. The summed E-state index contributed by atoms with van der Waals surface area (Å²) >= 11 is 13.9. The molecule has 0 saturated carbocycles. The first-order valence-corrected chi connectivity index (χ1v) is 7.75. The van der Waals surface area contributed by atoms with Crippen molar-refractivity contribution in [3.05, 3.63) is 63.6 Å². The molecule has 1 heterocycles. The largest absolute Gasteiger partial charge is 0.388 e. The van der Waals surface area contributed by atoms with E-state index in [2.05, 4.69) is 12.1 Å². The minimum Gasteiger partial charge on any atom is -0.388 e. The fourth-order valence-electron chi connectivity index (χ4n) is 2.41. The van der Waals surface area contributed by atoms with Crippen LogP contribution in [0.4, 0.5) is 0 Å². The number of fused-ring (bicyclic) bond motifs is 1. The van der Waals surface area contributed by atoms with Crippen LogP contribution in [0.2, 0.25) is 10.0 Å². The van der Waals surface area contributed by atoms with Crippen molar-refractivity contribution in [3.63, 3.8) is 0 Å². The van der Waals surface area contributed by atoms with Gasteiger partial charge in [0.05, 0.1) is 6.10 Å². The van der Waals surface area contributed by atoms with E-state index in [-0.39, 0.29) is 5.92 Å². The lowest BCUT2D eigenvalue weighted by Crippen LogP contribution is -2.11. The van der Waals surface area contributed by atoms with Crippen molar-refractivity contribution >= 4 is 35.0 Å². The Balaban J connectivity index is 1.97. The Morgan fingerprint density at radius 3 is 2.79 bits per heavy atom. The van der Waals surface area contributed by atoms with Crippen LogP contribution in [0.5, 0.6) is 0 Å². The molecule has 0 bridgehead atoms. The SMILES string of the molecule is OC(c1cc(Cl)ccc1Cl)C1CSc2ccccc21. The van der Waals surface area contributed by atoms with Crippen LogP contribution in [0, 0.1) is 0 Å². The monoisotopic (exact) mass is 310 g/mol. The maximum absolute atomic E-state index is 10.6. The first kappa shape index (κ1) is 13.3. The van der Waals surface area contributed by atoms with Gasteiger partial charge in [0.25, 0.3) is 0 Å². The molecule has 4 heteroatoms. The van der Waals surface area contributed by atoms with Crippen molar-refractivity contribution in [2.75, 3.05) is 5.75 Å². The quantitative estimate of drug-likeness (QED) is 0.850. The Kier molecular flexibility index (Phi) is 3.77. The van der Waals surface area contributed by atoms with Gasteiger partial charge in [-0.1, -0.05) is 41.4 Å². The fourth-order valence-corrected chi connectivity index (χ4v) is 4.10. The molecule has 2 aromatic rings. The molecule has 1 nitrogen and oxygen atoms in total. The summed E-state index contributed by atoms with van der Waals surface area (Å²) in [5.74, 6) is 0.931. The van der Waals surface area contributed by atoms with Gasteiger partial charge in [-0.2, -0.15) is 0 Å². The normalized spacial score (nSPS) is 19.2. The molecule has 2 aromatic carbocycles. The van der Waals surface area contributed by atoms with Crippen molar-refractivity contribution in [1.82, 2.24) is 0 Å². The summed E-state index contributed by atoms with van der Waals surface area (Å²) in [5.41, 5.74) is 1.90. The molecule has 1 N–H and O–H groups in total. The van der Waals surface area contributed by atoms with Crippen LogP contribution in [-0.4, -0.2) is 10.9 Å². The van der Waals surface area contributed by atoms with E-state index in [1.54, 1.807) is 30.0 Å². The molecule has 1 aliphatic rings. The molecule has 2 atom stereocenters. The van der Waals surface area contributed by atoms with Crippen molar-refractivity contribution in [1.29, 1.82) is 0 Å². The number of benzene rings is 2. The van der Waals surface area contributed by atoms with Gasteiger partial charge < -0.3 is 5.11 Å². The molecule has 0 radical (unpaired) electrons. The topological polar surface area (TPSA) is 20.2 Å². The maximum Gasteiger partial charge on any atom is 0.0881 e. The van der Waals surface area contributed by atoms with Crippen LogP contribution < -0.4 is 0 Å². The van der Waals surface area contributed by atoms with Gasteiger partial charge in [-0.15, -0.1) is 11.8 Å². The second-order valence-corrected chi connectivity index (χ2v) is 6.47. The Morgan fingerprint density at radius 1 is 1.16 bits per heavy atom. The minimum atomic E-state index is -0.623. The van der Waals surface area contributed by atoms with Gasteiger partial charge in [0.1, 0.15) is 0 Å². The summed E-state index contributed by atoms with van der Waals surface area (Å²) in [6.45, 7) is 0. The molecule has 0 saturated heterocycles. The summed E-state index contributed by atoms with van der Waals surface area (Å²) in [4.78, 5) is 1.24. The maximum atomic E-state index is 10.6. The standard InChI is InChI=1S/C15H12Cl2OS/c16-9-5-6-13(17)11(7-9)15(18)12-8-19-14-4-2-1-3-10(12)14/h1-7,12,15,18H,8H2. The molecule has 3 rings (SSSR count). The first-order chi connectivity index (χ1) is 9.16. The molecular formula is C15H12Cl2OS.